The molecule has 0 spiro atoms. The lowest BCUT2D eigenvalue weighted by atomic mass is 9.91. The number of primary amides is 1. The van der Waals surface area contributed by atoms with Crippen LogP contribution in [0.3, 0.4) is 0 Å². The first-order valence-electron chi connectivity index (χ1n) is 7.14. The first-order chi connectivity index (χ1) is 11.5. The molecule has 1 heterocycles. The number of benzene rings is 1. The second-order valence-corrected chi connectivity index (χ2v) is 6.34. The van der Waals surface area contributed by atoms with Gasteiger partial charge in [0, 0.05) is 18.1 Å². The standard InChI is InChI=1S/C16H15ClF3N3O2/c1-15(2,25-14(21)24)7-9-5-10(16(18,19)20)3-4-11(9)12-6-13(17)23-8-22-12/h3-6,8H,7H2,1-2H3,(H2,21,24). The molecule has 0 radical (unpaired) electrons. The largest absolute Gasteiger partial charge is 0.443 e. The smallest absolute Gasteiger partial charge is 0.416 e. The number of hydrogen-bond donors (Lipinski definition) is 1. The molecule has 2 aromatic rings. The van der Waals surface area contributed by atoms with E-state index in [1.165, 1.54) is 18.5 Å². The molecule has 1 aromatic carbocycles. The lowest BCUT2D eigenvalue weighted by Gasteiger charge is -2.25. The molecule has 2 rings (SSSR count). The minimum atomic E-state index is -4.51. The zero-order valence-corrected chi connectivity index (χ0v) is 14.1. The van der Waals surface area contributed by atoms with Crippen molar-refractivity contribution in [3.63, 3.8) is 0 Å². The van der Waals surface area contributed by atoms with Gasteiger partial charge in [-0.25, -0.2) is 14.8 Å². The van der Waals surface area contributed by atoms with Crippen LogP contribution in [-0.4, -0.2) is 21.7 Å². The Bertz CT molecular complexity index is 794. The Labute approximate surface area is 147 Å². The molecule has 1 amide bonds. The van der Waals surface area contributed by atoms with Crippen LogP contribution in [0.2, 0.25) is 5.15 Å². The zero-order chi connectivity index (χ0) is 18.8. The molecule has 0 saturated heterocycles. The first kappa shape index (κ1) is 19.0. The van der Waals surface area contributed by atoms with Crippen LogP contribution >= 0.6 is 11.6 Å². The van der Waals surface area contributed by atoms with Crippen LogP contribution in [0.4, 0.5) is 18.0 Å². The van der Waals surface area contributed by atoms with Crippen LogP contribution in [-0.2, 0) is 17.3 Å². The van der Waals surface area contributed by atoms with Crippen LogP contribution in [0.1, 0.15) is 25.0 Å². The summed E-state index contributed by atoms with van der Waals surface area (Å²) in [6, 6.07) is 4.70. The Hall–Kier alpha value is -2.35. The molecule has 25 heavy (non-hydrogen) atoms. The molecule has 0 atom stereocenters. The number of nitrogens with two attached hydrogens (primary N) is 1. The third-order valence-corrected chi connectivity index (χ3v) is 3.54. The molecule has 1 aromatic heterocycles. The molecular formula is C16H15ClF3N3O2. The number of carbonyl (C=O) groups excluding carboxylic acids is 1. The predicted octanol–water partition coefficient (Wildman–Crippen LogP) is 4.23. The molecule has 0 bridgehead atoms. The lowest BCUT2D eigenvalue weighted by molar-refractivity contribution is -0.137. The van der Waals surface area contributed by atoms with Crippen molar-refractivity contribution in [2.45, 2.75) is 32.0 Å². The minimum Gasteiger partial charge on any atom is -0.443 e. The van der Waals surface area contributed by atoms with E-state index in [2.05, 4.69) is 9.97 Å². The van der Waals surface area contributed by atoms with Crippen LogP contribution < -0.4 is 5.73 Å². The SMILES string of the molecule is CC(C)(Cc1cc(C(F)(F)F)ccc1-c1cc(Cl)ncn1)OC(N)=O. The minimum absolute atomic E-state index is 0.00316. The predicted molar refractivity (Wildman–Crippen MR) is 85.9 cm³/mol. The summed E-state index contributed by atoms with van der Waals surface area (Å²) < 4.78 is 44.2. The summed E-state index contributed by atoms with van der Waals surface area (Å²) in [6.07, 6.45) is -4.31. The van der Waals surface area contributed by atoms with Gasteiger partial charge in [0.1, 0.15) is 17.1 Å². The number of halogens is 4. The topological polar surface area (TPSA) is 78.1 Å². The summed E-state index contributed by atoms with van der Waals surface area (Å²) in [5.74, 6) is 0. The van der Waals surface area contributed by atoms with Gasteiger partial charge in [-0.15, -0.1) is 0 Å². The quantitative estimate of drug-likeness (QED) is 0.813. The van der Waals surface area contributed by atoms with E-state index in [1.54, 1.807) is 13.8 Å². The summed E-state index contributed by atoms with van der Waals surface area (Å²) in [5, 5.41) is 0.156. The highest BCUT2D eigenvalue weighted by Crippen LogP contribution is 2.35. The van der Waals surface area contributed by atoms with Crippen molar-refractivity contribution in [2.24, 2.45) is 5.73 Å². The highest BCUT2D eigenvalue weighted by Gasteiger charge is 2.32. The van der Waals surface area contributed by atoms with E-state index in [0.717, 1.165) is 12.1 Å². The van der Waals surface area contributed by atoms with Gasteiger partial charge in [-0.05, 0) is 31.5 Å². The van der Waals surface area contributed by atoms with E-state index in [4.69, 9.17) is 22.1 Å². The van der Waals surface area contributed by atoms with Crippen LogP contribution in [0.15, 0.2) is 30.6 Å². The fourth-order valence-corrected chi connectivity index (χ4v) is 2.56. The number of alkyl halides is 3. The van der Waals surface area contributed by atoms with Gasteiger partial charge in [-0.3, -0.25) is 0 Å². The van der Waals surface area contributed by atoms with E-state index >= 15 is 0 Å². The van der Waals surface area contributed by atoms with E-state index in [1.807, 2.05) is 0 Å². The summed E-state index contributed by atoms with van der Waals surface area (Å²) >= 11 is 5.84. The maximum Gasteiger partial charge on any atom is 0.416 e. The number of hydrogen-bond acceptors (Lipinski definition) is 4. The van der Waals surface area contributed by atoms with Crippen molar-refractivity contribution in [2.75, 3.05) is 0 Å². The van der Waals surface area contributed by atoms with Crippen molar-refractivity contribution < 1.29 is 22.7 Å². The zero-order valence-electron chi connectivity index (χ0n) is 13.4. The Morgan fingerprint density at radius 2 is 1.92 bits per heavy atom. The van der Waals surface area contributed by atoms with Crippen molar-refractivity contribution in [1.82, 2.24) is 9.97 Å². The van der Waals surface area contributed by atoms with Crippen molar-refractivity contribution in [3.8, 4) is 11.3 Å². The van der Waals surface area contributed by atoms with Crippen LogP contribution in [0.25, 0.3) is 11.3 Å². The van der Waals surface area contributed by atoms with Gasteiger partial charge in [0.25, 0.3) is 0 Å². The van der Waals surface area contributed by atoms with Crippen LogP contribution in [0.5, 0.6) is 0 Å². The van der Waals surface area contributed by atoms with Crippen LogP contribution in [0, 0.1) is 0 Å². The van der Waals surface area contributed by atoms with Crippen molar-refractivity contribution >= 4 is 17.7 Å². The van der Waals surface area contributed by atoms with E-state index < -0.39 is 23.4 Å². The molecule has 9 heteroatoms. The fourth-order valence-electron chi connectivity index (χ4n) is 2.41. The van der Waals surface area contributed by atoms with Gasteiger partial charge >= 0.3 is 12.3 Å². The number of carbonyl (C=O) groups is 1. The Balaban J connectivity index is 2.54. The summed E-state index contributed by atoms with van der Waals surface area (Å²) in [6.45, 7) is 3.10. The van der Waals surface area contributed by atoms with Gasteiger partial charge in [0.05, 0.1) is 11.3 Å². The Kier molecular flexibility index (Phi) is 5.22. The molecule has 0 unspecified atom stereocenters. The molecule has 0 aliphatic carbocycles. The summed E-state index contributed by atoms with van der Waals surface area (Å²) in [4.78, 5) is 18.8. The summed E-state index contributed by atoms with van der Waals surface area (Å²) in [5.41, 5.74) is 4.17. The van der Waals surface area contributed by atoms with Gasteiger partial charge in [-0.1, -0.05) is 17.7 Å². The van der Waals surface area contributed by atoms with E-state index in [-0.39, 0.29) is 17.1 Å². The molecule has 0 aliphatic heterocycles. The maximum atomic E-state index is 13.1. The second-order valence-electron chi connectivity index (χ2n) is 5.95. The molecule has 0 saturated carbocycles. The number of aromatic nitrogens is 2. The summed E-state index contributed by atoms with van der Waals surface area (Å²) in [7, 11) is 0. The van der Waals surface area contributed by atoms with Gasteiger partial charge in [-0.2, -0.15) is 13.2 Å². The lowest BCUT2D eigenvalue weighted by Crippen LogP contribution is -2.33. The molecule has 5 nitrogen and oxygen atoms in total. The van der Waals surface area contributed by atoms with Gasteiger partial charge in [0.15, 0.2) is 0 Å². The Morgan fingerprint density at radius 3 is 2.48 bits per heavy atom. The highest BCUT2D eigenvalue weighted by molar-refractivity contribution is 6.29. The van der Waals surface area contributed by atoms with Crippen molar-refractivity contribution in [3.05, 3.63) is 46.9 Å². The molecule has 0 aliphatic rings. The molecule has 0 fully saturated rings. The molecular weight excluding hydrogens is 359 g/mol. The normalized spacial score (nSPS) is 12.1. The molecule has 2 N–H and O–H groups in total. The maximum absolute atomic E-state index is 13.1. The Morgan fingerprint density at radius 1 is 1.24 bits per heavy atom. The molecule has 134 valence electrons. The third-order valence-electron chi connectivity index (χ3n) is 3.34. The van der Waals surface area contributed by atoms with Gasteiger partial charge in [0.2, 0.25) is 0 Å². The first-order valence-corrected chi connectivity index (χ1v) is 7.52. The van der Waals surface area contributed by atoms with E-state index in [9.17, 15) is 18.0 Å². The average molecular weight is 374 g/mol. The monoisotopic (exact) mass is 373 g/mol. The fraction of sp³-hybridized carbons (Fsp3) is 0.312. The average Bonchev–Trinajstić information content (AvgIpc) is 2.44. The highest BCUT2D eigenvalue weighted by atomic mass is 35.5. The number of rotatable bonds is 4. The van der Waals surface area contributed by atoms with E-state index in [0.29, 0.717) is 11.3 Å². The number of amides is 1. The van der Waals surface area contributed by atoms with Gasteiger partial charge < -0.3 is 10.5 Å². The second kappa shape index (κ2) is 6.87. The van der Waals surface area contributed by atoms with Crippen molar-refractivity contribution in [1.29, 1.82) is 0 Å². The third kappa shape index (κ3) is 5.06. The number of ether oxygens (including phenoxy) is 1. The number of nitrogens with zero attached hydrogens (tertiary/aromatic N) is 2.